The minimum atomic E-state index is -1.54. The minimum absolute atomic E-state index is 0.298. The van der Waals surface area contributed by atoms with E-state index in [9.17, 15) is 30.0 Å². The van der Waals surface area contributed by atoms with Crippen molar-refractivity contribution in [3.05, 3.63) is 53.6 Å². The number of benzene rings is 2. The van der Waals surface area contributed by atoms with Crippen LogP contribution in [0.1, 0.15) is 20.7 Å². The van der Waals surface area contributed by atoms with Crippen LogP contribution >= 0.6 is 0 Å². The molecule has 10 nitrogen and oxygen atoms in total. The fourth-order valence-electron chi connectivity index (χ4n) is 3.37. The van der Waals surface area contributed by atoms with E-state index in [1.54, 1.807) is 36.4 Å². The maximum absolute atomic E-state index is 12.1. The molecular weight excluding hydrogens is 420 g/mol. The summed E-state index contributed by atoms with van der Waals surface area (Å²) in [5, 5.41) is 44.2. The summed E-state index contributed by atoms with van der Waals surface area (Å²) in [4.78, 5) is 24.2. The molecule has 0 bridgehead atoms. The van der Waals surface area contributed by atoms with Gasteiger partial charge in [-0.25, -0.2) is 0 Å². The largest absolute Gasteiger partial charge is 0.462 e. The van der Waals surface area contributed by atoms with Crippen molar-refractivity contribution in [2.45, 2.75) is 30.7 Å². The van der Waals surface area contributed by atoms with Crippen LogP contribution < -0.4 is 15.4 Å². The molecule has 1 saturated heterocycles. The number of rotatable bonds is 6. The summed E-state index contributed by atoms with van der Waals surface area (Å²) in [5.41, 5.74) is 1.97. The molecule has 2 amide bonds. The average Bonchev–Trinajstić information content (AvgIpc) is 2.83. The van der Waals surface area contributed by atoms with Crippen molar-refractivity contribution < 1.29 is 39.5 Å². The van der Waals surface area contributed by atoms with Gasteiger partial charge in [0.15, 0.2) is 0 Å². The highest BCUT2D eigenvalue weighted by atomic mass is 16.7. The first-order chi connectivity index (χ1) is 15.3. The van der Waals surface area contributed by atoms with Gasteiger partial charge in [0.2, 0.25) is 6.29 Å². The molecule has 1 heterocycles. The van der Waals surface area contributed by atoms with Gasteiger partial charge < -0.3 is 40.5 Å². The highest BCUT2D eigenvalue weighted by Gasteiger charge is 2.44. The van der Waals surface area contributed by atoms with Gasteiger partial charge in [-0.3, -0.25) is 9.59 Å². The first-order valence-corrected chi connectivity index (χ1v) is 9.96. The molecule has 2 aromatic carbocycles. The summed E-state index contributed by atoms with van der Waals surface area (Å²) in [6, 6.07) is 11.4. The predicted octanol–water partition coefficient (Wildman–Crippen LogP) is -0.748. The lowest BCUT2D eigenvalue weighted by atomic mass is 9.98. The summed E-state index contributed by atoms with van der Waals surface area (Å²) >= 11 is 0. The standard InChI is InChI=1S/C22H26N2O8/c1-23-20(29)13-7-12(8-14(9-13)21(30)24-2)11-3-5-15(6-4-11)31-22-19(28)18(27)17(26)16(10-25)32-22/h3-9,16-19,22,25-28H,10H2,1-2H3,(H,23,29)(H,24,30)/t16-,17-,18+,19+,22+/m1/s1. The monoisotopic (exact) mass is 446 g/mol. The molecule has 0 aromatic heterocycles. The SMILES string of the molecule is CNC(=O)c1cc(C(=O)NC)cc(-c2ccc(O[C@H]3O[C@H](CO)[C@@H](O)[C@H](O)[C@@H]3O)cc2)c1. The Morgan fingerprint density at radius 3 is 1.94 bits per heavy atom. The van der Waals surface area contributed by atoms with Crippen LogP contribution in [0.2, 0.25) is 0 Å². The molecule has 32 heavy (non-hydrogen) atoms. The summed E-state index contributed by atoms with van der Waals surface area (Å²) in [7, 11) is 3.00. The number of ether oxygens (including phenoxy) is 2. The number of carbonyl (C=O) groups is 2. The van der Waals surface area contributed by atoms with Gasteiger partial charge in [0.1, 0.15) is 30.2 Å². The van der Waals surface area contributed by atoms with E-state index in [-0.39, 0.29) is 11.8 Å². The molecule has 10 heteroatoms. The van der Waals surface area contributed by atoms with Crippen LogP contribution in [0.5, 0.6) is 5.75 Å². The van der Waals surface area contributed by atoms with Crippen molar-refractivity contribution in [2.75, 3.05) is 20.7 Å². The summed E-state index contributed by atoms with van der Waals surface area (Å²) in [6.45, 7) is -0.556. The van der Waals surface area contributed by atoms with Crippen LogP contribution in [0.25, 0.3) is 11.1 Å². The molecule has 0 radical (unpaired) electrons. The zero-order valence-electron chi connectivity index (χ0n) is 17.6. The molecule has 5 atom stereocenters. The van der Waals surface area contributed by atoms with Crippen molar-refractivity contribution in [2.24, 2.45) is 0 Å². The van der Waals surface area contributed by atoms with E-state index < -0.39 is 37.3 Å². The van der Waals surface area contributed by atoms with E-state index in [0.717, 1.165) is 0 Å². The van der Waals surface area contributed by atoms with Gasteiger partial charge >= 0.3 is 0 Å². The zero-order chi connectivity index (χ0) is 23.4. The predicted molar refractivity (Wildman–Crippen MR) is 113 cm³/mol. The van der Waals surface area contributed by atoms with E-state index in [4.69, 9.17) is 9.47 Å². The second-order valence-corrected chi connectivity index (χ2v) is 7.30. The maximum atomic E-state index is 12.1. The van der Waals surface area contributed by atoms with Crippen LogP contribution in [-0.2, 0) is 4.74 Å². The van der Waals surface area contributed by atoms with Crippen LogP contribution in [-0.4, -0.2) is 83.6 Å². The fraction of sp³-hybridized carbons (Fsp3) is 0.364. The minimum Gasteiger partial charge on any atom is -0.462 e. The molecule has 0 aliphatic carbocycles. The molecule has 0 spiro atoms. The molecule has 1 aliphatic rings. The molecule has 6 N–H and O–H groups in total. The summed E-state index contributed by atoms with van der Waals surface area (Å²) < 4.78 is 10.9. The quantitative estimate of drug-likeness (QED) is 0.338. The number of hydrogen-bond donors (Lipinski definition) is 6. The van der Waals surface area contributed by atoms with Gasteiger partial charge in [0.05, 0.1) is 6.61 Å². The van der Waals surface area contributed by atoms with Crippen molar-refractivity contribution in [3.63, 3.8) is 0 Å². The van der Waals surface area contributed by atoms with Gasteiger partial charge in [0.25, 0.3) is 11.8 Å². The van der Waals surface area contributed by atoms with Crippen LogP contribution in [0, 0.1) is 0 Å². The van der Waals surface area contributed by atoms with E-state index in [1.165, 1.54) is 20.2 Å². The lowest BCUT2D eigenvalue weighted by Gasteiger charge is -2.39. The highest BCUT2D eigenvalue weighted by Crippen LogP contribution is 2.28. The molecule has 0 saturated carbocycles. The van der Waals surface area contributed by atoms with Crippen molar-refractivity contribution in [1.82, 2.24) is 10.6 Å². The van der Waals surface area contributed by atoms with Crippen molar-refractivity contribution in [1.29, 1.82) is 0 Å². The Balaban J connectivity index is 1.84. The first kappa shape index (κ1) is 23.6. The summed E-state index contributed by atoms with van der Waals surface area (Å²) in [6.07, 6.45) is -6.91. The smallest absolute Gasteiger partial charge is 0.251 e. The van der Waals surface area contributed by atoms with Gasteiger partial charge in [-0.05, 0) is 41.5 Å². The van der Waals surface area contributed by atoms with E-state index in [2.05, 4.69) is 10.6 Å². The average molecular weight is 446 g/mol. The van der Waals surface area contributed by atoms with E-state index in [0.29, 0.717) is 28.0 Å². The van der Waals surface area contributed by atoms with Crippen molar-refractivity contribution in [3.8, 4) is 16.9 Å². The molecular formula is C22H26N2O8. The Morgan fingerprint density at radius 1 is 0.875 bits per heavy atom. The third kappa shape index (κ3) is 4.90. The van der Waals surface area contributed by atoms with Gasteiger partial charge in [-0.15, -0.1) is 0 Å². The van der Waals surface area contributed by atoms with Crippen LogP contribution in [0.3, 0.4) is 0 Å². The second kappa shape index (κ2) is 10.1. The first-order valence-electron chi connectivity index (χ1n) is 9.96. The van der Waals surface area contributed by atoms with Gasteiger partial charge in [0, 0.05) is 25.2 Å². The Hall–Kier alpha value is -3.02. The number of amides is 2. The Labute approximate surface area is 184 Å². The van der Waals surface area contributed by atoms with Crippen LogP contribution in [0.15, 0.2) is 42.5 Å². The molecule has 0 unspecified atom stereocenters. The van der Waals surface area contributed by atoms with Crippen molar-refractivity contribution >= 4 is 11.8 Å². The number of aliphatic hydroxyl groups excluding tert-OH is 4. The molecule has 1 fully saturated rings. The molecule has 1 aliphatic heterocycles. The normalized spacial score (nSPS) is 25.1. The molecule has 2 aromatic rings. The Bertz CT molecular complexity index is 929. The second-order valence-electron chi connectivity index (χ2n) is 7.30. The zero-order valence-corrected chi connectivity index (χ0v) is 17.6. The number of hydrogen-bond acceptors (Lipinski definition) is 8. The third-order valence-corrected chi connectivity index (χ3v) is 5.20. The molecule has 172 valence electrons. The fourth-order valence-corrected chi connectivity index (χ4v) is 3.37. The maximum Gasteiger partial charge on any atom is 0.251 e. The van der Waals surface area contributed by atoms with Gasteiger partial charge in [-0.1, -0.05) is 12.1 Å². The van der Waals surface area contributed by atoms with E-state index >= 15 is 0 Å². The third-order valence-electron chi connectivity index (χ3n) is 5.20. The lowest BCUT2D eigenvalue weighted by Crippen LogP contribution is -2.60. The van der Waals surface area contributed by atoms with Crippen LogP contribution in [0.4, 0.5) is 0 Å². The number of aliphatic hydroxyl groups is 4. The summed E-state index contributed by atoms with van der Waals surface area (Å²) in [5.74, 6) is -0.369. The topological polar surface area (TPSA) is 158 Å². The highest BCUT2D eigenvalue weighted by molar-refractivity contribution is 6.01. The number of carbonyl (C=O) groups excluding carboxylic acids is 2. The van der Waals surface area contributed by atoms with E-state index in [1.807, 2.05) is 0 Å². The molecule has 3 rings (SSSR count). The Kier molecular flexibility index (Phi) is 7.44. The number of nitrogens with one attached hydrogen (secondary N) is 2. The Morgan fingerprint density at radius 2 is 1.44 bits per heavy atom. The van der Waals surface area contributed by atoms with Gasteiger partial charge in [-0.2, -0.15) is 0 Å². The lowest BCUT2D eigenvalue weighted by molar-refractivity contribution is -0.277.